The van der Waals surface area contributed by atoms with Crippen molar-refractivity contribution >= 4 is 22.7 Å². The molecule has 0 saturated heterocycles. The van der Waals surface area contributed by atoms with E-state index in [0.717, 1.165) is 23.0 Å². The molecule has 1 aromatic heterocycles. The van der Waals surface area contributed by atoms with E-state index in [0.29, 0.717) is 17.5 Å². The Labute approximate surface area is 153 Å². The second-order valence-corrected chi connectivity index (χ2v) is 6.40. The highest BCUT2D eigenvalue weighted by Gasteiger charge is 2.25. The fourth-order valence-corrected chi connectivity index (χ4v) is 3.46. The standard InChI is InChI=1S/C22H23NO3/c1-4-10-20(26-16(3)24)23-15(2)21(18-13-8-9-14-19(18)23)22(25)17-11-6-5-7-12-17/h5-9,11-14,20H,4,10H2,1-3H3. The van der Waals surface area contributed by atoms with Gasteiger partial charge in [-0.15, -0.1) is 0 Å². The fraction of sp³-hybridized carbons (Fsp3) is 0.273. The Bertz CT molecular complexity index is 941. The molecule has 2 aromatic carbocycles. The molecule has 1 unspecified atom stereocenters. The maximum atomic E-state index is 13.2. The Balaban J connectivity index is 2.21. The topological polar surface area (TPSA) is 48.3 Å². The third-order valence-electron chi connectivity index (χ3n) is 4.54. The molecule has 0 aliphatic carbocycles. The number of carbonyl (C=O) groups excluding carboxylic acids is 2. The predicted molar refractivity (Wildman–Crippen MR) is 102 cm³/mol. The summed E-state index contributed by atoms with van der Waals surface area (Å²) in [5, 5.41) is 0.882. The van der Waals surface area contributed by atoms with Crippen molar-refractivity contribution in [1.29, 1.82) is 0 Å². The number of esters is 1. The predicted octanol–water partition coefficient (Wildman–Crippen LogP) is 5.04. The van der Waals surface area contributed by atoms with Crippen LogP contribution < -0.4 is 0 Å². The molecule has 0 radical (unpaired) electrons. The summed E-state index contributed by atoms with van der Waals surface area (Å²) >= 11 is 0. The van der Waals surface area contributed by atoms with E-state index in [2.05, 4.69) is 0 Å². The molecule has 4 heteroatoms. The van der Waals surface area contributed by atoms with Gasteiger partial charge >= 0.3 is 5.97 Å². The van der Waals surface area contributed by atoms with E-state index in [4.69, 9.17) is 4.74 Å². The molecule has 1 atom stereocenters. The number of aromatic nitrogens is 1. The molecule has 26 heavy (non-hydrogen) atoms. The van der Waals surface area contributed by atoms with E-state index in [9.17, 15) is 9.59 Å². The lowest BCUT2D eigenvalue weighted by molar-refractivity contribution is -0.151. The lowest BCUT2D eigenvalue weighted by atomic mass is 10.0. The smallest absolute Gasteiger partial charge is 0.304 e. The Morgan fingerprint density at radius 3 is 2.35 bits per heavy atom. The van der Waals surface area contributed by atoms with Crippen LogP contribution in [0.1, 0.15) is 54.5 Å². The minimum atomic E-state index is -0.417. The van der Waals surface area contributed by atoms with Crippen LogP contribution in [0.25, 0.3) is 10.9 Å². The molecule has 0 saturated carbocycles. The molecular weight excluding hydrogens is 326 g/mol. The average Bonchev–Trinajstić information content (AvgIpc) is 2.93. The summed E-state index contributed by atoms with van der Waals surface area (Å²) in [5.41, 5.74) is 3.04. The average molecular weight is 349 g/mol. The number of fused-ring (bicyclic) bond motifs is 1. The number of carbonyl (C=O) groups is 2. The zero-order valence-corrected chi connectivity index (χ0v) is 15.4. The molecule has 0 fully saturated rings. The van der Waals surface area contributed by atoms with Crippen LogP contribution in [0, 0.1) is 6.92 Å². The Hall–Kier alpha value is -2.88. The van der Waals surface area contributed by atoms with Crippen molar-refractivity contribution in [3.63, 3.8) is 0 Å². The Morgan fingerprint density at radius 1 is 1.04 bits per heavy atom. The Morgan fingerprint density at radius 2 is 1.69 bits per heavy atom. The third kappa shape index (κ3) is 3.27. The van der Waals surface area contributed by atoms with Gasteiger partial charge < -0.3 is 9.30 Å². The van der Waals surface area contributed by atoms with Crippen LogP contribution in [0.5, 0.6) is 0 Å². The second kappa shape index (κ2) is 7.56. The fourth-order valence-electron chi connectivity index (χ4n) is 3.46. The first-order valence-electron chi connectivity index (χ1n) is 8.91. The molecule has 0 amide bonds. The molecule has 4 nitrogen and oxygen atoms in total. The van der Waals surface area contributed by atoms with Crippen LogP contribution in [-0.2, 0) is 9.53 Å². The van der Waals surface area contributed by atoms with E-state index in [1.807, 2.05) is 73.0 Å². The van der Waals surface area contributed by atoms with Crippen molar-refractivity contribution in [2.45, 2.75) is 39.8 Å². The summed E-state index contributed by atoms with van der Waals surface area (Å²) in [4.78, 5) is 24.8. The first-order chi connectivity index (χ1) is 12.5. The minimum absolute atomic E-state index is 0.0175. The number of rotatable bonds is 6. The number of nitrogens with zero attached hydrogens (tertiary/aromatic N) is 1. The number of hydrogen-bond donors (Lipinski definition) is 0. The highest BCUT2D eigenvalue weighted by molar-refractivity contribution is 6.17. The van der Waals surface area contributed by atoms with Gasteiger partial charge in [0.05, 0.1) is 11.1 Å². The quantitative estimate of drug-likeness (QED) is 0.462. The lowest BCUT2D eigenvalue weighted by Crippen LogP contribution is -2.17. The summed E-state index contributed by atoms with van der Waals surface area (Å²) in [5.74, 6) is -0.340. The number of para-hydroxylation sites is 1. The van der Waals surface area contributed by atoms with E-state index < -0.39 is 6.23 Å². The number of benzene rings is 2. The van der Waals surface area contributed by atoms with Gasteiger partial charge in [0.1, 0.15) is 0 Å². The largest absolute Gasteiger partial charge is 0.441 e. The molecule has 0 aliphatic heterocycles. The summed E-state index contributed by atoms with van der Waals surface area (Å²) in [6, 6.07) is 17.0. The first kappa shape index (κ1) is 17.9. The van der Waals surface area contributed by atoms with Crippen molar-refractivity contribution in [3.8, 4) is 0 Å². The maximum absolute atomic E-state index is 13.2. The summed E-state index contributed by atoms with van der Waals surface area (Å²) in [6.07, 6.45) is 1.14. The minimum Gasteiger partial charge on any atom is -0.441 e. The highest BCUT2D eigenvalue weighted by Crippen LogP contribution is 2.33. The van der Waals surface area contributed by atoms with Crippen LogP contribution in [0.3, 0.4) is 0 Å². The Kier molecular flexibility index (Phi) is 5.21. The van der Waals surface area contributed by atoms with Crippen molar-refractivity contribution in [2.24, 2.45) is 0 Å². The maximum Gasteiger partial charge on any atom is 0.304 e. The number of ether oxygens (including phenoxy) is 1. The summed E-state index contributed by atoms with van der Waals surface area (Å²) in [7, 11) is 0. The summed E-state index contributed by atoms with van der Waals surface area (Å²) in [6.45, 7) is 5.38. The highest BCUT2D eigenvalue weighted by atomic mass is 16.6. The van der Waals surface area contributed by atoms with Crippen LogP contribution in [0.4, 0.5) is 0 Å². The van der Waals surface area contributed by atoms with Gasteiger partial charge in [-0.05, 0) is 13.0 Å². The van der Waals surface area contributed by atoms with Crippen molar-refractivity contribution in [1.82, 2.24) is 4.57 Å². The molecule has 134 valence electrons. The van der Waals surface area contributed by atoms with Crippen molar-refractivity contribution in [3.05, 3.63) is 71.4 Å². The van der Waals surface area contributed by atoms with E-state index in [-0.39, 0.29) is 11.8 Å². The van der Waals surface area contributed by atoms with E-state index in [1.54, 1.807) is 0 Å². The van der Waals surface area contributed by atoms with Gasteiger partial charge in [0.25, 0.3) is 0 Å². The number of ketones is 1. The number of hydrogen-bond acceptors (Lipinski definition) is 3. The van der Waals surface area contributed by atoms with Gasteiger partial charge in [-0.1, -0.05) is 61.9 Å². The zero-order chi connectivity index (χ0) is 18.7. The molecule has 3 rings (SSSR count). The van der Waals surface area contributed by atoms with Crippen LogP contribution in [0.2, 0.25) is 0 Å². The molecule has 1 heterocycles. The van der Waals surface area contributed by atoms with Crippen LogP contribution in [0.15, 0.2) is 54.6 Å². The van der Waals surface area contributed by atoms with E-state index >= 15 is 0 Å². The van der Waals surface area contributed by atoms with Gasteiger partial charge in [-0.3, -0.25) is 9.59 Å². The van der Waals surface area contributed by atoms with Gasteiger partial charge in [0, 0.05) is 30.0 Å². The van der Waals surface area contributed by atoms with Crippen LogP contribution >= 0.6 is 0 Å². The van der Waals surface area contributed by atoms with Crippen LogP contribution in [-0.4, -0.2) is 16.3 Å². The van der Waals surface area contributed by atoms with Crippen molar-refractivity contribution in [2.75, 3.05) is 0 Å². The molecular formula is C22H23NO3. The molecule has 0 aliphatic rings. The van der Waals surface area contributed by atoms with E-state index in [1.165, 1.54) is 6.92 Å². The first-order valence-corrected chi connectivity index (χ1v) is 8.91. The summed E-state index contributed by atoms with van der Waals surface area (Å²) < 4.78 is 7.56. The molecule has 3 aromatic rings. The third-order valence-corrected chi connectivity index (χ3v) is 4.54. The molecule has 0 N–H and O–H groups in total. The van der Waals surface area contributed by atoms with Gasteiger partial charge in [-0.25, -0.2) is 0 Å². The lowest BCUT2D eigenvalue weighted by Gasteiger charge is -2.21. The molecule has 0 spiro atoms. The monoisotopic (exact) mass is 349 g/mol. The molecule has 0 bridgehead atoms. The van der Waals surface area contributed by atoms with Gasteiger partial charge in [0.15, 0.2) is 12.0 Å². The van der Waals surface area contributed by atoms with Crippen molar-refractivity contribution < 1.29 is 14.3 Å². The van der Waals surface area contributed by atoms with Gasteiger partial charge in [0.2, 0.25) is 0 Å². The normalized spacial score (nSPS) is 12.1. The zero-order valence-electron chi connectivity index (χ0n) is 15.4. The SMILES string of the molecule is CCCC(OC(C)=O)n1c(C)c(C(=O)c2ccccc2)c2ccccc21. The van der Waals surface area contributed by atoms with Gasteiger partial charge in [-0.2, -0.15) is 0 Å². The second-order valence-electron chi connectivity index (χ2n) is 6.40.